The van der Waals surface area contributed by atoms with Crippen LogP contribution in [0.2, 0.25) is 0 Å². The van der Waals surface area contributed by atoms with Crippen molar-refractivity contribution in [3.8, 4) is 6.57 Å². The summed E-state index contributed by atoms with van der Waals surface area (Å²) in [4.78, 5) is 15.6. The van der Waals surface area contributed by atoms with Gasteiger partial charge < -0.3 is 20.9 Å². The van der Waals surface area contributed by atoms with Crippen molar-refractivity contribution in [3.63, 3.8) is 0 Å². The third kappa shape index (κ3) is 7.89. The number of hydrogen-bond acceptors (Lipinski definition) is 5. The minimum atomic E-state index is -4.45. The monoisotopic (exact) mass is 541 g/mol. The van der Waals surface area contributed by atoms with Gasteiger partial charge in [-0.25, -0.2) is 18.4 Å². The van der Waals surface area contributed by atoms with Crippen LogP contribution in [0.1, 0.15) is 23.1 Å². The molecule has 2 aromatic carbocycles. The number of nitrogens with two attached hydrogens (primary N) is 1. The van der Waals surface area contributed by atoms with Gasteiger partial charge in [0.05, 0.1) is 17.9 Å². The molecular weight excluding hydrogens is 512 g/mol. The summed E-state index contributed by atoms with van der Waals surface area (Å²) >= 11 is 0. The SMILES string of the molecule is C#N.CN/C(=C1/CN(C(=O)CC(N)Cc2cc(F)c(F)cc2F)CCN1CC(F)(F)F)c1ccccc1C. The fourth-order valence-corrected chi connectivity index (χ4v) is 4.29. The first-order chi connectivity index (χ1) is 17.9. The molecule has 1 aliphatic rings. The first-order valence-electron chi connectivity index (χ1n) is 11.6. The standard InChI is InChI=1S/C25H28F6N4O.CHN/c1-15-5-3-4-6-18(15)24(33-2)22-13-34(7-8-35(22)14-25(29,30)31)23(36)11-17(32)9-16-10-20(27)21(28)12-19(16)26;1-2/h3-6,10,12,17,33H,7-9,11,13-14,32H2,1-2H3;1H/b24-22-;. The van der Waals surface area contributed by atoms with Crippen molar-refractivity contribution in [3.05, 3.63) is 76.2 Å². The number of nitriles is 1. The van der Waals surface area contributed by atoms with Gasteiger partial charge in [0.25, 0.3) is 0 Å². The zero-order chi connectivity index (χ0) is 28.6. The molecule has 0 radical (unpaired) electrons. The number of nitrogens with one attached hydrogen (secondary N) is 1. The quantitative estimate of drug-likeness (QED) is 0.407. The number of amides is 1. The molecule has 1 saturated heterocycles. The number of halogens is 6. The average Bonchev–Trinajstić information content (AvgIpc) is 2.85. The first kappa shape index (κ1) is 30.5. The van der Waals surface area contributed by atoms with Crippen LogP contribution in [0, 0.1) is 36.2 Å². The summed E-state index contributed by atoms with van der Waals surface area (Å²) in [5, 5.41) is 9.49. The average molecular weight is 542 g/mol. The van der Waals surface area contributed by atoms with E-state index in [0.29, 0.717) is 29.1 Å². The van der Waals surface area contributed by atoms with Crippen molar-refractivity contribution >= 4 is 11.6 Å². The van der Waals surface area contributed by atoms with E-state index < -0.39 is 42.1 Å². The van der Waals surface area contributed by atoms with E-state index in [4.69, 9.17) is 11.0 Å². The summed E-state index contributed by atoms with van der Waals surface area (Å²) in [5.41, 5.74) is 8.18. The van der Waals surface area contributed by atoms with Gasteiger partial charge in [-0.15, -0.1) is 0 Å². The van der Waals surface area contributed by atoms with Gasteiger partial charge in [-0.2, -0.15) is 13.2 Å². The summed E-state index contributed by atoms with van der Waals surface area (Å²) < 4.78 is 80.6. The maximum atomic E-state index is 14.0. The fourth-order valence-electron chi connectivity index (χ4n) is 4.29. The number of rotatable bonds is 7. The van der Waals surface area contributed by atoms with Gasteiger partial charge in [0.1, 0.15) is 12.4 Å². The third-order valence-corrected chi connectivity index (χ3v) is 6.05. The Kier molecular flexibility index (Phi) is 10.6. The molecule has 3 N–H and O–H groups in total. The zero-order valence-electron chi connectivity index (χ0n) is 21.0. The summed E-state index contributed by atoms with van der Waals surface area (Å²) in [7, 11) is 1.60. The van der Waals surface area contributed by atoms with Crippen molar-refractivity contribution in [2.24, 2.45) is 5.73 Å². The Labute approximate surface area is 217 Å². The molecular formula is C26H29F6N5O. The van der Waals surface area contributed by atoms with Gasteiger partial charge in [-0.3, -0.25) is 4.79 Å². The molecule has 1 heterocycles. The molecule has 2 aromatic rings. The normalized spacial score (nSPS) is 15.9. The number of benzene rings is 2. The Morgan fingerprint density at radius 1 is 1.11 bits per heavy atom. The number of piperazine rings is 1. The van der Waals surface area contributed by atoms with Crippen molar-refractivity contribution < 1.29 is 31.1 Å². The van der Waals surface area contributed by atoms with Crippen LogP contribution in [0.15, 0.2) is 42.1 Å². The third-order valence-electron chi connectivity index (χ3n) is 6.05. The predicted molar refractivity (Wildman–Crippen MR) is 131 cm³/mol. The number of alkyl halides is 3. The summed E-state index contributed by atoms with van der Waals surface area (Å²) in [6.07, 6.45) is -4.90. The lowest BCUT2D eigenvalue weighted by atomic mass is 10.0. The van der Waals surface area contributed by atoms with Crippen molar-refractivity contribution in [2.45, 2.75) is 32.0 Å². The highest BCUT2D eigenvalue weighted by atomic mass is 19.4. The van der Waals surface area contributed by atoms with Crippen LogP contribution in [0.3, 0.4) is 0 Å². The summed E-state index contributed by atoms with van der Waals surface area (Å²) in [5.74, 6) is -3.96. The molecule has 206 valence electrons. The van der Waals surface area contributed by atoms with Crippen LogP contribution < -0.4 is 11.1 Å². The maximum Gasteiger partial charge on any atom is 0.405 e. The van der Waals surface area contributed by atoms with E-state index in [1.807, 2.05) is 19.1 Å². The second-order valence-corrected chi connectivity index (χ2v) is 8.76. The summed E-state index contributed by atoms with van der Waals surface area (Å²) in [6, 6.07) is 7.43. The highest BCUT2D eigenvalue weighted by Crippen LogP contribution is 2.28. The van der Waals surface area contributed by atoms with Gasteiger partial charge in [0.15, 0.2) is 11.6 Å². The highest BCUT2D eigenvalue weighted by Gasteiger charge is 2.36. The van der Waals surface area contributed by atoms with E-state index in [-0.39, 0.29) is 38.0 Å². The molecule has 0 saturated carbocycles. The minimum Gasteiger partial charge on any atom is -0.386 e. The fraction of sp³-hybridized carbons (Fsp3) is 0.385. The van der Waals surface area contributed by atoms with Gasteiger partial charge in [-0.1, -0.05) is 24.3 Å². The molecule has 0 spiro atoms. The molecule has 6 nitrogen and oxygen atoms in total. The smallest absolute Gasteiger partial charge is 0.386 e. The molecule has 1 unspecified atom stereocenters. The molecule has 1 atom stereocenters. The molecule has 12 heteroatoms. The number of nitrogens with zero attached hydrogens (tertiary/aromatic N) is 3. The van der Waals surface area contributed by atoms with Crippen molar-refractivity contribution in [2.75, 3.05) is 33.2 Å². The highest BCUT2D eigenvalue weighted by molar-refractivity contribution is 5.78. The Morgan fingerprint density at radius 3 is 2.34 bits per heavy atom. The number of carbonyl (C=O) groups excluding carboxylic acids is 1. The van der Waals surface area contributed by atoms with E-state index in [1.54, 1.807) is 19.2 Å². The zero-order valence-corrected chi connectivity index (χ0v) is 21.0. The number of aryl methyl sites for hydroxylation is 1. The van der Waals surface area contributed by atoms with Crippen LogP contribution in [0.5, 0.6) is 0 Å². The minimum absolute atomic E-state index is 0.0371. The lowest BCUT2D eigenvalue weighted by molar-refractivity contribution is -0.146. The molecule has 0 aliphatic carbocycles. The second kappa shape index (κ2) is 13.2. The van der Waals surface area contributed by atoms with Crippen LogP contribution in [-0.4, -0.2) is 61.2 Å². The van der Waals surface area contributed by atoms with Gasteiger partial charge in [0, 0.05) is 50.8 Å². The van der Waals surface area contributed by atoms with Crippen molar-refractivity contribution in [1.82, 2.24) is 15.1 Å². The second-order valence-electron chi connectivity index (χ2n) is 8.76. The van der Waals surface area contributed by atoms with E-state index in [2.05, 4.69) is 11.9 Å². The lowest BCUT2D eigenvalue weighted by Crippen LogP contribution is -2.51. The Hall–Kier alpha value is -3.72. The Bertz CT molecular complexity index is 1180. The molecule has 38 heavy (non-hydrogen) atoms. The van der Waals surface area contributed by atoms with E-state index in [9.17, 15) is 31.1 Å². The first-order valence-corrected chi connectivity index (χ1v) is 11.6. The lowest BCUT2D eigenvalue weighted by Gasteiger charge is -2.40. The van der Waals surface area contributed by atoms with Crippen LogP contribution in [0.4, 0.5) is 26.3 Å². The van der Waals surface area contributed by atoms with Gasteiger partial charge in [-0.05, 0) is 30.5 Å². The molecule has 0 bridgehead atoms. The Balaban J connectivity index is 0.00000247. The van der Waals surface area contributed by atoms with Crippen molar-refractivity contribution in [1.29, 1.82) is 5.26 Å². The Morgan fingerprint density at radius 2 is 1.74 bits per heavy atom. The van der Waals surface area contributed by atoms with Crippen LogP contribution in [0.25, 0.3) is 5.70 Å². The molecule has 0 aromatic heterocycles. The molecule has 1 fully saturated rings. The van der Waals surface area contributed by atoms with Gasteiger partial charge >= 0.3 is 6.18 Å². The van der Waals surface area contributed by atoms with Gasteiger partial charge in [0.2, 0.25) is 5.91 Å². The molecule has 1 aliphatic heterocycles. The summed E-state index contributed by atoms with van der Waals surface area (Å²) in [6.45, 7) is 4.06. The largest absolute Gasteiger partial charge is 0.405 e. The van der Waals surface area contributed by atoms with E-state index in [0.717, 1.165) is 5.56 Å². The van der Waals surface area contributed by atoms with E-state index in [1.165, 1.54) is 9.80 Å². The van der Waals surface area contributed by atoms with Crippen LogP contribution in [-0.2, 0) is 11.2 Å². The van der Waals surface area contributed by atoms with Crippen LogP contribution >= 0.6 is 0 Å². The maximum absolute atomic E-state index is 14.0. The molecule has 3 rings (SSSR count). The molecule has 1 amide bonds. The van der Waals surface area contributed by atoms with E-state index >= 15 is 0 Å². The number of hydrogen-bond donors (Lipinski definition) is 2. The predicted octanol–water partition coefficient (Wildman–Crippen LogP) is 4.11. The number of carbonyl (C=O) groups is 1. The topological polar surface area (TPSA) is 85.4 Å².